The molecule has 0 aromatic rings. The fourth-order valence-corrected chi connectivity index (χ4v) is 2.33. The molecule has 1 aliphatic carbocycles. The number of carbonyl (C=O) groups is 4. The SMILES string of the molecule is NC1=CC2=C(CC1)C(=O)N(C(C=O)CCC=O)C2=O. The molecule has 0 saturated heterocycles. The van der Waals surface area contributed by atoms with E-state index in [0.717, 1.165) is 4.90 Å². The molecule has 0 spiro atoms. The normalized spacial score (nSPS) is 20.2. The van der Waals surface area contributed by atoms with E-state index >= 15 is 0 Å². The number of hydrogen-bond donors (Lipinski definition) is 1. The molecule has 0 aromatic carbocycles. The highest BCUT2D eigenvalue weighted by Gasteiger charge is 2.41. The van der Waals surface area contributed by atoms with Gasteiger partial charge in [0.2, 0.25) is 0 Å². The maximum Gasteiger partial charge on any atom is 0.261 e. The van der Waals surface area contributed by atoms with Crippen LogP contribution in [0.25, 0.3) is 0 Å². The first-order valence-corrected chi connectivity index (χ1v) is 6.06. The summed E-state index contributed by atoms with van der Waals surface area (Å²) in [6.45, 7) is 0. The van der Waals surface area contributed by atoms with Gasteiger partial charge in [-0.1, -0.05) is 0 Å². The summed E-state index contributed by atoms with van der Waals surface area (Å²) in [5, 5.41) is 0. The number of hydrogen-bond acceptors (Lipinski definition) is 5. The van der Waals surface area contributed by atoms with Crippen molar-refractivity contribution in [3.63, 3.8) is 0 Å². The van der Waals surface area contributed by atoms with E-state index in [1.807, 2.05) is 0 Å². The van der Waals surface area contributed by atoms with Crippen molar-refractivity contribution in [2.75, 3.05) is 0 Å². The van der Waals surface area contributed by atoms with E-state index in [1.165, 1.54) is 6.08 Å². The Morgan fingerprint density at radius 3 is 2.63 bits per heavy atom. The summed E-state index contributed by atoms with van der Waals surface area (Å²) in [5.41, 5.74) is 6.91. The Kier molecular flexibility index (Phi) is 3.59. The quantitative estimate of drug-likeness (QED) is 0.548. The highest BCUT2D eigenvalue weighted by atomic mass is 16.2. The molecule has 1 unspecified atom stereocenters. The minimum atomic E-state index is -0.884. The van der Waals surface area contributed by atoms with Crippen LogP contribution < -0.4 is 5.73 Å². The van der Waals surface area contributed by atoms with Crippen molar-refractivity contribution < 1.29 is 19.2 Å². The zero-order valence-corrected chi connectivity index (χ0v) is 10.3. The first kappa shape index (κ1) is 13.2. The van der Waals surface area contributed by atoms with Crippen LogP contribution in [0.2, 0.25) is 0 Å². The first-order valence-electron chi connectivity index (χ1n) is 6.06. The molecule has 6 heteroatoms. The summed E-state index contributed by atoms with van der Waals surface area (Å²) in [5.74, 6) is -0.933. The van der Waals surface area contributed by atoms with Crippen molar-refractivity contribution in [1.29, 1.82) is 0 Å². The topological polar surface area (TPSA) is 97.5 Å². The molecule has 0 fully saturated rings. The van der Waals surface area contributed by atoms with E-state index in [4.69, 9.17) is 5.73 Å². The van der Waals surface area contributed by atoms with Gasteiger partial charge >= 0.3 is 0 Å². The smallest absolute Gasteiger partial charge is 0.261 e. The number of amides is 2. The molecular formula is C13H14N2O4. The largest absolute Gasteiger partial charge is 0.402 e. The third kappa shape index (κ3) is 2.21. The predicted molar refractivity (Wildman–Crippen MR) is 65.5 cm³/mol. The maximum absolute atomic E-state index is 12.2. The van der Waals surface area contributed by atoms with Gasteiger partial charge < -0.3 is 15.3 Å². The highest BCUT2D eigenvalue weighted by molar-refractivity contribution is 6.22. The van der Waals surface area contributed by atoms with Crippen molar-refractivity contribution >= 4 is 24.4 Å². The standard InChI is InChI=1S/C13H14N2O4/c14-8-3-4-10-11(6-8)13(19)15(12(10)18)9(7-17)2-1-5-16/h5-7,9H,1-4,14H2. The number of aldehydes is 2. The molecule has 0 saturated carbocycles. The Labute approximate surface area is 109 Å². The molecule has 2 aliphatic rings. The molecule has 1 aliphatic heterocycles. The average molecular weight is 262 g/mol. The summed E-state index contributed by atoms with van der Waals surface area (Å²) in [6.07, 6.45) is 3.93. The van der Waals surface area contributed by atoms with Gasteiger partial charge in [0.15, 0.2) is 0 Å². The number of rotatable bonds is 5. The minimum Gasteiger partial charge on any atom is -0.402 e. The van der Waals surface area contributed by atoms with Crippen LogP contribution in [0, 0.1) is 0 Å². The van der Waals surface area contributed by atoms with Gasteiger partial charge in [0.1, 0.15) is 12.6 Å². The van der Waals surface area contributed by atoms with E-state index < -0.39 is 17.9 Å². The zero-order chi connectivity index (χ0) is 14.0. The lowest BCUT2D eigenvalue weighted by Crippen LogP contribution is -2.42. The summed E-state index contributed by atoms with van der Waals surface area (Å²) >= 11 is 0. The molecule has 2 amide bonds. The monoisotopic (exact) mass is 262 g/mol. The fraction of sp³-hybridized carbons (Fsp3) is 0.385. The second-order valence-corrected chi connectivity index (χ2v) is 4.54. The number of carbonyl (C=O) groups excluding carboxylic acids is 4. The molecule has 0 aromatic heterocycles. The van der Waals surface area contributed by atoms with Crippen LogP contribution in [-0.2, 0) is 19.2 Å². The van der Waals surface area contributed by atoms with E-state index in [2.05, 4.69) is 0 Å². The van der Waals surface area contributed by atoms with Gasteiger partial charge in [0.25, 0.3) is 11.8 Å². The van der Waals surface area contributed by atoms with Gasteiger partial charge in [-0.05, 0) is 25.3 Å². The summed E-state index contributed by atoms with van der Waals surface area (Å²) in [4.78, 5) is 46.6. The molecule has 2 rings (SSSR count). The molecule has 1 heterocycles. The zero-order valence-electron chi connectivity index (χ0n) is 10.3. The Morgan fingerprint density at radius 1 is 1.26 bits per heavy atom. The average Bonchev–Trinajstić information content (AvgIpc) is 2.64. The summed E-state index contributed by atoms with van der Waals surface area (Å²) < 4.78 is 0. The van der Waals surface area contributed by atoms with E-state index in [0.29, 0.717) is 36.7 Å². The molecule has 1 atom stereocenters. The number of nitrogens with two attached hydrogens (primary N) is 1. The van der Waals surface area contributed by atoms with Crippen LogP contribution in [-0.4, -0.2) is 35.3 Å². The highest BCUT2D eigenvalue weighted by Crippen LogP contribution is 2.32. The van der Waals surface area contributed by atoms with Crippen LogP contribution >= 0.6 is 0 Å². The Bertz CT molecular complexity index is 519. The second kappa shape index (κ2) is 5.17. The molecule has 0 bridgehead atoms. The molecule has 6 nitrogen and oxygen atoms in total. The Morgan fingerprint density at radius 2 is 2.00 bits per heavy atom. The minimum absolute atomic E-state index is 0.128. The van der Waals surface area contributed by atoms with Gasteiger partial charge in [0, 0.05) is 17.7 Å². The third-order valence-electron chi connectivity index (χ3n) is 3.31. The molecule has 19 heavy (non-hydrogen) atoms. The lowest BCUT2D eigenvalue weighted by molar-refractivity contribution is -0.143. The van der Waals surface area contributed by atoms with E-state index in [1.54, 1.807) is 0 Å². The van der Waals surface area contributed by atoms with Gasteiger partial charge in [-0.3, -0.25) is 14.5 Å². The van der Waals surface area contributed by atoms with Gasteiger partial charge in [-0.2, -0.15) is 0 Å². The van der Waals surface area contributed by atoms with Crippen LogP contribution in [0.1, 0.15) is 25.7 Å². The predicted octanol–water partition coefficient (Wildman–Crippen LogP) is -0.165. The van der Waals surface area contributed by atoms with Crippen molar-refractivity contribution in [2.24, 2.45) is 5.73 Å². The van der Waals surface area contributed by atoms with Crippen LogP contribution in [0.3, 0.4) is 0 Å². The second-order valence-electron chi connectivity index (χ2n) is 4.54. The van der Waals surface area contributed by atoms with Crippen molar-refractivity contribution in [3.8, 4) is 0 Å². The van der Waals surface area contributed by atoms with Gasteiger partial charge in [-0.15, -0.1) is 0 Å². The summed E-state index contributed by atoms with van der Waals surface area (Å²) in [7, 11) is 0. The van der Waals surface area contributed by atoms with E-state index in [-0.39, 0.29) is 18.4 Å². The first-order chi connectivity index (χ1) is 9.10. The molecule has 100 valence electrons. The molecule has 0 radical (unpaired) electrons. The lowest BCUT2D eigenvalue weighted by Gasteiger charge is -2.21. The third-order valence-corrected chi connectivity index (χ3v) is 3.31. The summed E-state index contributed by atoms with van der Waals surface area (Å²) in [6, 6.07) is -0.884. The van der Waals surface area contributed by atoms with Crippen LogP contribution in [0.5, 0.6) is 0 Å². The van der Waals surface area contributed by atoms with Gasteiger partial charge in [-0.25, -0.2) is 0 Å². The van der Waals surface area contributed by atoms with Crippen molar-refractivity contribution in [1.82, 2.24) is 4.90 Å². The maximum atomic E-state index is 12.2. The molecule has 2 N–H and O–H groups in total. The fourth-order valence-electron chi connectivity index (χ4n) is 2.33. The Balaban J connectivity index is 2.27. The molecular weight excluding hydrogens is 248 g/mol. The van der Waals surface area contributed by atoms with E-state index in [9.17, 15) is 19.2 Å². The van der Waals surface area contributed by atoms with Gasteiger partial charge in [0.05, 0.1) is 11.6 Å². The number of imide groups is 1. The number of nitrogens with zero attached hydrogens (tertiary/aromatic N) is 1. The lowest BCUT2D eigenvalue weighted by atomic mass is 9.98. The van der Waals surface area contributed by atoms with Crippen LogP contribution in [0.4, 0.5) is 0 Å². The van der Waals surface area contributed by atoms with Crippen LogP contribution in [0.15, 0.2) is 22.9 Å². The van der Waals surface area contributed by atoms with Crippen molar-refractivity contribution in [2.45, 2.75) is 31.7 Å². The number of allylic oxidation sites excluding steroid dienone is 1. The Hall–Kier alpha value is -2.24. The van der Waals surface area contributed by atoms with Crippen molar-refractivity contribution in [3.05, 3.63) is 22.9 Å².